The van der Waals surface area contributed by atoms with E-state index in [2.05, 4.69) is 16.0 Å². The first kappa shape index (κ1) is 22.6. The average Bonchev–Trinajstić information content (AvgIpc) is 3.29. The Bertz CT molecular complexity index is 1060. The van der Waals surface area contributed by atoms with Crippen molar-refractivity contribution in [2.75, 3.05) is 17.2 Å². The van der Waals surface area contributed by atoms with Crippen LogP contribution < -0.4 is 20.7 Å². The highest BCUT2D eigenvalue weighted by Crippen LogP contribution is 2.18. The Morgan fingerprint density at radius 3 is 2.38 bits per heavy atom. The zero-order chi connectivity index (χ0) is 22.9. The molecule has 0 aliphatic heterocycles. The van der Waals surface area contributed by atoms with Gasteiger partial charge >= 0.3 is 0 Å². The third kappa shape index (κ3) is 7.02. The molecule has 8 heteroatoms. The molecule has 1 aromatic heterocycles. The monoisotopic (exact) mass is 435 g/mol. The fourth-order valence-corrected chi connectivity index (χ4v) is 2.87. The molecule has 2 aromatic carbocycles. The van der Waals surface area contributed by atoms with Crippen molar-refractivity contribution >= 4 is 29.1 Å². The van der Waals surface area contributed by atoms with Gasteiger partial charge in [-0.15, -0.1) is 0 Å². The third-order valence-electron chi connectivity index (χ3n) is 4.26. The smallest absolute Gasteiger partial charge is 0.291 e. The van der Waals surface area contributed by atoms with E-state index in [0.29, 0.717) is 17.1 Å². The molecule has 32 heavy (non-hydrogen) atoms. The van der Waals surface area contributed by atoms with E-state index in [1.807, 2.05) is 13.8 Å². The van der Waals surface area contributed by atoms with Crippen molar-refractivity contribution in [2.45, 2.75) is 26.3 Å². The lowest BCUT2D eigenvalue weighted by Gasteiger charge is -2.10. The standard InChI is InChI=1S/C24H25N3O5/c1-16(2)25-22(28)13-17-8-10-18(11-9-17)26-23(29)15-32-20-6-3-5-19(14-20)27-24(30)21-7-4-12-31-21/h3-12,14,16H,13,15H2,1-2H3,(H,25,28)(H,26,29)(H,27,30). The van der Waals surface area contributed by atoms with E-state index >= 15 is 0 Å². The first-order chi connectivity index (χ1) is 15.4. The summed E-state index contributed by atoms with van der Waals surface area (Å²) >= 11 is 0. The number of ether oxygens (including phenoxy) is 1. The van der Waals surface area contributed by atoms with Crippen molar-refractivity contribution in [3.8, 4) is 5.75 Å². The molecule has 0 radical (unpaired) electrons. The predicted molar refractivity (Wildman–Crippen MR) is 121 cm³/mol. The second-order valence-corrected chi connectivity index (χ2v) is 7.39. The quantitative estimate of drug-likeness (QED) is 0.476. The van der Waals surface area contributed by atoms with Crippen molar-refractivity contribution in [1.82, 2.24) is 5.32 Å². The number of amides is 3. The lowest BCUT2D eigenvalue weighted by Crippen LogP contribution is -2.31. The Kier molecular flexibility index (Phi) is 7.64. The van der Waals surface area contributed by atoms with Crippen molar-refractivity contribution in [2.24, 2.45) is 0 Å². The Morgan fingerprint density at radius 2 is 1.69 bits per heavy atom. The fraction of sp³-hybridized carbons (Fsp3) is 0.208. The largest absolute Gasteiger partial charge is 0.484 e. The zero-order valence-electron chi connectivity index (χ0n) is 17.9. The van der Waals surface area contributed by atoms with Crippen LogP contribution in [0, 0.1) is 0 Å². The summed E-state index contributed by atoms with van der Waals surface area (Å²) in [6.07, 6.45) is 1.70. The van der Waals surface area contributed by atoms with Crippen LogP contribution in [0.15, 0.2) is 71.3 Å². The normalized spacial score (nSPS) is 10.5. The highest BCUT2D eigenvalue weighted by atomic mass is 16.5. The Labute approximate surface area is 186 Å². The van der Waals surface area contributed by atoms with Crippen molar-refractivity contribution < 1.29 is 23.5 Å². The van der Waals surface area contributed by atoms with Gasteiger partial charge < -0.3 is 25.1 Å². The fourth-order valence-electron chi connectivity index (χ4n) is 2.87. The Balaban J connectivity index is 1.47. The highest BCUT2D eigenvalue weighted by Gasteiger charge is 2.10. The molecule has 166 valence electrons. The van der Waals surface area contributed by atoms with Gasteiger partial charge in [-0.2, -0.15) is 0 Å². The lowest BCUT2D eigenvalue weighted by molar-refractivity contribution is -0.121. The van der Waals surface area contributed by atoms with Gasteiger partial charge in [0.15, 0.2) is 12.4 Å². The summed E-state index contributed by atoms with van der Waals surface area (Å²) in [5.41, 5.74) is 1.97. The summed E-state index contributed by atoms with van der Waals surface area (Å²) in [6.45, 7) is 3.62. The third-order valence-corrected chi connectivity index (χ3v) is 4.26. The summed E-state index contributed by atoms with van der Waals surface area (Å²) in [5.74, 6) is -0.130. The van der Waals surface area contributed by atoms with Gasteiger partial charge in [-0.1, -0.05) is 18.2 Å². The van der Waals surface area contributed by atoms with E-state index in [0.717, 1.165) is 5.56 Å². The molecule has 3 N–H and O–H groups in total. The van der Waals surface area contributed by atoms with E-state index in [1.165, 1.54) is 6.26 Å². The molecule has 0 unspecified atom stereocenters. The number of hydrogen-bond acceptors (Lipinski definition) is 5. The SMILES string of the molecule is CC(C)NC(=O)Cc1ccc(NC(=O)COc2cccc(NC(=O)c3ccco3)c2)cc1. The zero-order valence-corrected chi connectivity index (χ0v) is 17.9. The van der Waals surface area contributed by atoms with Crippen LogP contribution in [0.1, 0.15) is 30.0 Å². The first-order valence-electron chi connectivity index (χ1n) is 10.1. The molecule has 0 saturated carbocycles. The van der Waals surface area contributed by atoms with Gasteiger partial charge in [-0.05, 0) is 55.8 Å². The van der Waals surface area contributed by atoms with Crippen LogP contribution in [0.3, 0.4) is 0 Å². The van der Waals surface area contributed by atoms with Crippen LogP contribution in [-0.2, 0) is 16.0 Å². The van der Waals surface area contributed by atoms with Gasteiger partial charge in [-0.3, -0.25) is 14.4 Å². The number of benzene rings is 2. The number of rotatable bonds is 9. The summed E-state index contributed by atoms with van der Waals surface area (Å²) in [7, 11) is 0. The minimum absolute atomic E-state index is 0.0484. The minimum atomic E-state index is -0.380. The highest BCUT2D eigenvalue weighted by molar-refractivity contribution is 6.02. The van der Waals surface area contributed by atoms with Crippen LogP contribution in [-0.4, -0.2) is 30.4 Å². The van der Waals surface area contributed by atoms with Gasteiger partial charge in [0.2, 0.25) is 5.91 Å². The minimum Gasteiger partial charge on any atom is -0.484 e. The van der Waals surface area contributed by atoms with Crippen LogP contribution >= 0.6 is 0 Å². The predicted octanol–water partition coefficient (Wildman–Crippen LogP) is 3.62. The average molecular weight is 435 g/mol. The van der Waals surface area contributed by atoms with E-state index in [1.54, 1.807) is 60.7 Å². The number of carbonyl (C=O) groups excluding carboxylic acids is 3. The molecule has 3 amide bonds. The topological polar surface area (TPSA) is 110 Å². The number of nitrogens with one attached hydrogen (secondary N) is 3. The molecular weight excluding hydrogens is 410 g/mol. The molecule has 0 bridgehead atoms. The molecule has 0 fully saturated rings. The number of carbonyl (C=O) groups is 3. The molecule has 3 rings (SSSR count). The second-order valence-electron chi connectivity index (χ2n) is 7.39. The maximum absolute atomic E-state index is 12.2. The van der Waals surface area contributed by atoms with Gasteiger partial charge in [-0.25, -0.2) is 0 Å². The molecule has 0 aliphatic rings. The molecule has 0 aliphatic carbocycles. The van der Waals surface area contributed by atoms with Crippen molar-refractivity contribution in [3.05, 3.63) is 78.3 Å². The maximum Gasteiger partial charge on any atom is 0.291 e. The van der Waals surface area contributed by atoms with Crippen LogP contribution in [0.2, 0.25) is 0 Å². The van der Waals surface area contributed by atoms with Gasteiger partial charge in [0, 0.05) is 23.5 Å². The van der Waals surface area contributed by atoms with E-state index in [-0.39, 0.29) is 42.6 Å². The van der Waals surface area contributed by atoms with E-state index in [4.69, 9.17) is 9.15 Å². The van der Waals surface area contributed by atoms with E-state index < -0.39 is 0 Å². The van der Waals surface area contributed by atoms with Gasteiger partial charge in [0.05, 0.1) is 12.7 Å². The maximum atomic E-state index is 12.2. The molecule has 8 nitrogen and oxygen atoms in total. The molecule has 1 heterocycles. The lowest BCUT2D eigenvalue weighted by atomic mass is 10.1. The van der Waals surface area contributed by atoms with Crippen LogP contribution in [0.5, 0.6) is 5.75 Å². The first-order valence-corrected chi connectivity index (χ1v) is 10.1. The Hall–Kier alpha value is -4.07. The number of anilines is 2. The summed E-state index contributed by atoms with van der Waals surface area (Å²) in [4.78, 5) is 36.1. The summed E-state index contributed by atoms with van der Waals surface area (Å²) < 4.78 is 10.6. The number of hydrogen-bond donors (Lipinski definition) is 3. The Morgan fingerprint density at radius 1 is 0.906 bits per heavy atom. The molecule has 0 atom stereocenters. The summed E-state index contributed by atoms with van der Waals surface area (Å²) in [5, 5.41) is 8.28. The van der Waals surface area contributed by atoms with Gasteiger partial charge in [0.1, 0.15) is 5.75 Å². The molecule has 0 saturated heterocycles. The van der Waals surface area contributed by atoms with Gasteiger partial charge in [0.25, 0.3) is 11.8 Å². The van der Waals surface area contributed by atoms with Crippen molar-refractivity contribution in [1.29, 1.82) is 0 Å². The molecule has 3 aromatic rings. The van der Waals surface area contributed by atoms with Crippen LogP contribution in [0.4, 0.5) is 11.4 Å². The second kappa shape index (κ2) is 10.8. The molecular formula is C24H25N3O5. The van der Waals surface area contributed by atoms with E-state index in [9.17, 15) is 14.4 Å². The molecule has 0 spiro atoms. The number of furan rings is 1. The van der Waals surface area contributed by atoms with Crippen LogP contribution in [0.25, 0.3) is 0 Å². The van der Waals surface area contributed by atoms with Crippen molar-refractivity contribution in [3.63, 3.8) is 0 Å². The summed E-state index contributed by atoms with van der Waals surface area (Å²) in [6, 6.07) is 17.1.